The van der Waals surface area contributed by atoms with Crippen LogP contribution in [-0.4, -0.2) is 47.0 Å². The Kier molecular flexibility index (Phi) is 5.03. The lowest BCUT2D eigenvalue weighted by Gasteiger charge is -2.28. The van der Waals surface area contributed by atoms with E-state index in [0.717, 1.165) is 18.8 Å². The van der Waals surface area contributed by atoms with E-state index in [1.165, 1.54) is 16.9 Å². The SMILES string of the molecule is Cc1c(C(=O)Nc2ccc(N3CCOCC3)cn2)cnn1-c1ccccc1F. The Morgan fingerprint density at radius 1 is 1.14 bits per heavy atom. The van der Waals surface area contributed by atoms with E-state index in [2.05, 4.69) is 20.3 Å². The second kappa shape index (κ2) is 7.77. The third kappa shape index (κ3) is 3.59. The van der Waals surface area contributed by atoms with Crippen molar-refractivity contribution in [3.8, 4) is 5.69 Å². The first-order valence-corrected chi connectivity index (χ1v) is 9.03. The zero-order chi connectivity index (χ0) is 19.5. The van der Waals surface area contributed by atoms with Gasteiger partial charge in [-0.15, -0.1) is 0 Å². The summed E-state index contributed by atoms with van der Waals surface area (Å²) in [6.45, 7) is 4.76. The number of anilines is 2. The third-order valence-electron chi connectivity index (χ3n) is 4.70. The number of benzene rings is 1. The van der Waals surface area contributed by atoms with Crippen LogP contribution < -0.4 is 10.2 Å². The predicted molar refractivity (Wildman–Crippen MR) is 103 cm³/mol. The minimum absolute atomic E-state index is 0.298. The number of nitrogens with one attached hydrogen (secondary N) is 1. The van der Waals surface area contributed by atoms with E-state index in [9.17, 15) is 9.18 Å². The standard InChI is InChI=1S/C20H20FN5O2/c1-14-16(13-23-26(14)18-5-3-2-4-17(18)21)20(27)24-19-7-6-15(12-22-19)25-8-10-28-11-9-25/h2-7,12-13H,8-11H2,1H3,(H,22,24,27). The first kappa shape index (κ1) is 18.1. The largest absolute Gasteiger partial charge is 0.378 e. The molecule has 0 atom stereocenters. The smallest absolute Gasteiger partial charge is 0.260 e. The summed E-state index contributed by atoms with van der Waals surface area (Å²) in [5.41, 5.74) is 2.20. The number of hydrogen-bond donors (Lipinski definition) is 1. The van der Waals surface area contributed by atoms with Crippen LogP contribution in [0.25, 0.3) is 5.69 Å². The number of halogens is 1. The number of hydrogen-bond acceptors (Lipinski definition) is 5. The maximum atomic E-state index is 14.0. The van der Waals surface area contributed by atoms with Crippen molar-refractivity contribution in [3.05, 3.63) is 65.9 Å². The van der Waals surface area contributed by atoms with E-state index < -0.39 is 5.82 Å². The van der Waals surface area contributed by atoms with Crippen molar-refractivity contribution in [3.63, 3.8) is 0 Å². The second-order valence-electron chi connectivity index (χ2n) is 6.46. The molecule has 0 spiro atoms. The predicted octanol–water partition coefficient (Wildman–Crippen LogP) is 2.80. The molecule has 4 rings (SSSR count). The van der Waals surface area contributed by atoms with Gasteiger partial charge >= 0.3 is 0 Å². The molecule has 1 aliphatic rings. The highest BCUT2D eigenvalue weighted by molar-refractivity contribution is 6.04. The molecule has 8 heteroatoms. The average Bonchev–Trinajstić information content (AvgIpc) is 3.11. The van der Waals surface area contributed by atoms with E-state index >= 15 is 0 Å². The zero-order valence-electron chi connectivity index (χ0n) is 15.4. The lowest BCUT2D eigenvalue weighted by molar-refractivity contribution is 0.102. The molecule has 1 aromatic carbocycles. The van der Waals surface area contributed by atoms with Gasteiger partial charge in [0.15, 0.2) is 0 Å². The summed E-state index contributed by atoms with van der Waals surface area (Å²) in [6, 6.07) is 9.98. The van der Waals surface area contributed by atoms with Gasteiger partial charge in [0, 0.05) is 13.1 Å². The maximum Gasteiger partial charge on any atom is 0.260 e. The van der Waals surface area contributed by atoms with E-state index in [1.54, 1.807) is 37.4 Å². The molecule has 0 radical (unpaired) electrons. The van der Waals surface area contributed by atoms with Gasteiger partial charge in [0.2, 0.25) is 0 Å². The summed E-state index contributed by atoms with van der Waals surface area (Å²) in [5, 5.41) is 6.93. The molecule has 1 fully saturated rings. The summed E-state index contributed by atoms with van der Waals surface area (Å²) >= 11 is 0. The van der Waals surface area contributed by atoms with E-state index in [0.29, 0.717) is 36.0 Å². The topological polar surface area (TPSA) is 72.3 Å². The molecule has 28 heavy (non-hydrogen) atoms. The monoisotopic (exact) mass is 381 g/mol. The van der Waals surface area contributed by atoms with Gasteiger partial charge in [-0.1, -0.05) is 12.1 Å². The number of amides is 1. The highest BCUT2D eigenvalue weighted by Gasteiger charge is 2.18. The number of aromatic nitrogens is 3. The Labute approximate surface area is 161 Å². The Balaban J connectivity index is 1.49. The number of carbonyl (C=O) groups excluding carboxylic acids is 1. The second-order valence-corrected chi connectivity index (χ2v) is 6.46. The van der Waals surface area contributed by atoms with Crippen molar-refractivity contribution in [2.24, 2.45) is 0 Å². The van der Waals surface area contributed by atoms with E-state index in [-0.39, 0.29) is 5.91 Å². The highest BCUT2D eigenvalue weighted by atomic mass is 19.1. The molecule has 7 nitrogen and oxygen atoms in total. The van der Waals surface area contributed by atoms with Crippen molar-refractivity contribution >= 4 is 17.4 Å². The molecule has 1 N–H and O–H groups in total. The maximum absolute atomic E-state index is 14.0. The highest BCUT2D eigenvalue weighted by Crippen LogP contribution is 2.19. The summed E-state index contributed by atoms with van der Waals surface area (Å²) in [6.07, 6.45) is 3.16. The van der Waals surface area contributed by atoms with Crippen LogP contribution in [0.3, 0.4) is 0 Å². The van der Waals surface area contributed by atoms with Crippen LogP contribution in [0.15, 0.2) is 48.8 Å². The Morgan fingerprint density at radius 2 is 1.93 bits per heavy atom. The molecule has 0 saturated carbocycles. The van der Waals surface area contributed by atoms with Crippen LogP contribution >= 0.6 is 0 Å². The van der Waals surface area contributed by atoms with Gasteiger partial charge < -0.3 is 15.0 Å². The van der Waals surface area contributed by atoms with Crippen molar-refractivity contribution in [1.82, 2.24) is 14.8 Å². The number of ether oxygens (including phenoxy) is 1. The van der Waals surface area contributed by atoms with E-state index in [4.69, 9.17) is 4.74 Å². The fourth-order valence-electron chi connectivity index (χ4n) is 3.15. The summed E-state index contributed by atoms with van der Waals surface area (Å²) in [7, 11) is 0. The molecule has 144 valence electrons. The van der Waals surface area contributed by atoms with Crippen LogP contribution in [0, 0.1) is 12.7 Å². The third-order valence-corrected chi connectivity index (χ3v) is 4.70. The first-order valence-electron chi connectivity index (χ1n) is 9.03. The van der Waals surface area contributed by atoms with Crippen molar-refractivity contribution in [2.75, 3.05) is 36.5 Å². The van der Waals surface area contributed by atoms with E-state index in [1.807, 2.05) is 6.07 Å². The molecule has 0 unspecified atom stereocenters. The molecule has 3 aromatic rings. The number of rotatable bonds is 4. The fourth-order valence-corrected chi connectivity index (χ4v) is 3.15. The molecule has 0 aliphatic carbocycles. The summed E-state index contributed by atoms with van der Waals surface area (Å²) in [5.74, 6) is -0.298. The molecular weight excluding hydrogens is 361 g/mol. The van der Waals surface area contributed by atoms with Crippen molar-refractivity contribution in [1.29, 1.82) is 0 Å². The van der Waals surface area contributed by atoms with Crippen molar-refractivity contribution in [2.45, 2.75) is 6.92 Å². The normalized spacial score (nSPS) is 14.1. The van der Waals surface area contributed by atoms with Crippen LogP contribution in [0.1, 0.15) is 16.1 Å². The van der Waals surface area contributed by atoms with Gasteiger partial charge in [0.1, 0.15) is 17.3 Å². The number of para-hydroxylation sites is 1. The molecule has 0 bridgehead atoms. The minimum Gasteiger partial charge on any atom is -0.378 e. The van der Waals surface area contributed by atoms with Crippen LogP contribution in [-0.2, 0) is 4.74 Å². The Morgan fingerprint density at radius 3 is 2.64 bits per heavy atom. The van der Waals surface area contributed by atoms with Gasteiger partial charge in [0.25, 0.3) is 5.91 Å². The number of morpholine rings is 1. The average molecular weight is 381 g/mol. The minimum atomic E-state index is -0.402. The number of nitrogens with zero attached hydrogens (tertiary/aromatic N) is 4. The summed E-state index contributed by atoms with van der Waals surface area (Å²) in [4.78, 5) is 19.1. The number of carbonyl (C=O) groups is 1. The van der Waals surface area contributed by atoms with Gasteiger partial charge in [-0.2, -0.15) is 5.10 Å². The van der Waals surface area contributed by atoms with Gasteiger partial charge in [-0.3, -0.25) is 4.79 Å². The summed E-state index contributed by atoms with van der Waals surface area (Å²) < 4.78 is 20.8. The zero-order valence-corrected chi connectivity index (χ0v) is 15.4. The first-order chi connectivity index (χ1) is 13.6. The molecule has 1 saturated heterocycles. The van der Waals surface area contributed by atoms with Gasteiger partial charge in [-0.05, 0) is 31.2 Å². The van der Waals surface area contributed by atoms with Gasteiger partial charge in [-0.25, -0.2) is 14.1 Å². The lowest BCUT2D eigenvalue weighted by Crippen LogP contribution is -2.36. The Bertz CT molecular complexity index is 981. The molecule has 1 aliphatic heterocycles. The molecule has 2 aromatic heterocycles. The van der Waals surface area contributed by atoms with Crippen LogP contribution in [0.5, 0.6) is 0 Å². The van der Waals surface area contributed by atoms with Crippen molar-refractivity contribution < 1.29 is 13.9 Å². The quantitative estimate of drug-likeness (QED) is 0.752. The molecule has 1 amide bonds. The number of pyridine rings is 1. The van der Waals surface area contributed by atoms with Crippen LogP contribution in [0.4, 0.5) is 15.9 Å². The van der Waals surface area contributed by atoms with Gasteiger partial charge in [0.05, 0.1) is 42.6 Å². The fraction of sp³-hybridized carbons (Fsp3) is 0.250. The molecule has 3 heterocycles. The van der Waals surface area contributed by atoms with Crippen LogP contribution in [0.2, 0.25) is 0 Å². The lowest BCUT2D eigenvalue weighted by atomic mass is 10.2. The molecular formula is C20H20FN5O2. The Hall–Kier alpha value is -3.26.